The molecule has 0 spiro atoms. The lowest BCUT2D eigenvalue weighted by Gasteiger charge is -2.07. The molecule has 6 heteroatoms. The van der Waals surface area contributed by atoms with Gasteiger partial charge in [-0.25, -0.2) is 0 Å². The van der Waals surface area contributed by atoms with Gasteiger partial charge >= 0.3 is 0 Å². The minimum absolute atomic E-state index is 0.159. The number of carbonyl (C=O) groups is 1. The van der Waals surface area contributed by atoms with Gasteiger partial charge < -0.3 is 9.88 Å². The molecule has 0 radical (unpaired) electrons. The minimum Gasteiger partial charge on any atom is -0.345 e. The van der Waals surface area contributed by atoms with Crippen LogP contribution in [0, 0.1) is 6.92 Å². The highest BCUT2D eigenvalue weighted by Gasteiger charge is 2.10. The number of hydrogen-bond donors (Lipinski definition) is 1. The average Bonchev–Trinajstić information content (AvgIpc) is 2.76. The van der Waals surface area contributed by atoms with Gasteiger partial charge in [0.15, 0.2) is 5.82 Å². The van der Waals surface area contributed by atoms with Crippen LogP contribution in [0.5, 0.6) is 0 Å². The largest absolute Gasteiger partial charge is 0.345 e. The number of aryl methyl sites for hydroxylation is 1. The topological polar surface area (TPSA) is 72.7 Å². The Morgan fingerprint density at radius 2 is 2.10 bits per heavy atom. The Bertz CT molecular complexity index is 601. The summed E-state index contributed by atoms with van der Waals surface area (Å²) in [6, 6.07) is 3.67. The van der Waals surface area contributed by atoms with Crippen LogP contribution >= 0.6 is 0 Å². The molecular weight excluding hydrogens is 254 g/mol. The summed E-state index contributed by atoms with van der Waals surface area (Å²) in [5.41, 5.74) is 1.53. The quantitative estimate of drug-likeness (QED) is 0.917. The molecule has 20 heavy (non-hydrogen) atoms. The molecule has 6 nitrogen and oxygen atoms in total. The summed E-state index contributed by atoms with van der Waals surface area (Å²) < 4.78 is 1.85. The predicted octanol–water partition coefficient (Wildman–Crippen LogP) is 1.57. The zero-order chi connectivity index (χ0) is 14.7. The molecule has 2 aromatic rings. The Labute approximate surface area is 118 Å². The minimum atomic E-state index is -0.159. The van der Waals surface area contributed by atoms with Crippen LogP contribution in [0.2, 0.25) is 0 Å². The number of nitrogens with one attached hydrogen (secondary N) is 1. The molecule has 2 heterocycles. The van der Waals surface area contributed by atoms with Crippen molar-refractivity contribution < 1.29 is 4.79 Å². The van der Waals surface area contributed by atoms with E-state index in [0.717, 1.165) is 17.3 Å². The van der Waals surface area contributed by atoms with Crippen molar-refractivity contribution in [2.75, 3.05) is 0 Å². The number of rotatable bonds is 4. The third-order valence-corrected chi connectivity index (χ3v) is 3.23. The first-order valence-electron chi connectivity index (χ1n) is 6.58. The third-order valence-electron chi connectivity index (χ3n) is 3.23. The van der Waals surface area contributed by atoms with E-state index in [9.17, 15) is 4.79 Å². The molecule has 0 saturated carbocycles. The maximum absolute atomic E-state index is 12.0. The van der Waals surface area contributed by atoms with Crippen molar-refractivity contribution in [3.05, 3.63) is 41.2 Å². The lowest BCUT2D eigenvalue weighted by Crippen LogP contribution is -2.24. The van der Waals surface area contributed by atoms with E-state index >= 15 is 0 Å². The van der Waals surface area contributed by atoms with E-state index in [4.69, 9.17) is 0 Å². The van der Waals surface area contributed by atoms with Crippen molar-refractivity contribution in [3.8, 4) is 0 Å². The first-order valence-corrected chi connectivity index (χ1v) is 6.58. The molecule has 0 saturated heterocycles. The fourth-order valence-electron chi connectivity index (χ4n) is 1.75. The van der Waals surface area contributed by atoms with Gasteiger partial charge in [0.2, 0.25) is 0 Å². The number of amides is 1. The van der Waals surface area contributed by atoms with Gasteiger partial charge in [-0.15, -0.1) is 10.2 Å². The number of nitrogens with zero attached hydrogens (tertiary/aromatic N) is 4. The van der Waals surface area contributed by atoms with Crippen molar-refractivity contribution in [1.29, 1.82) is 0 Å². The Balaban J connectivity index is 2.00. The van der Waals surface area contributed by atoms with Crippen LogP contribution in [-0.2, 0) is 13.6 Å². The molecule has 1 N–H and O–H groups in total. The highest BCUT2D eigenvalue weighted by Crippen LogP contribution is 2.11. The lowest BCUT2D eigenvalue weighted by molar-refractivity contribution is 0.0949. The van der Waals surface area contributed by atoms with Crippen LogP contribution in [0.3, 0.4) is 0 Å². The van der Waals surface area contributed by atoms with Gasteiger partial charge in [-0.2, -0.15) is 0 Å². The number of carbonyl (C=O) groups excluding carboxylic acids is 1. The molecule has 0 aliphatic rings. The van der Waals surface area contributed by atoms with Crippen molar-refractivity contribution in [1.82, 2.24) is 25.1 Å². The lowest BCUT2D eigenvalue weighted by atomic mass is 10.1. The summed E-state index contributed by atoms with van der Waals surface area (Å²) in [7, 11) is 1.87. The molecule has 0 fully saturated rings. The van der Waals surface area contributed by atoms with E-state index in [1.54, 1.807) is 12.3 Å². The van der Waals surface area contributed by atoms with Gasteiger partial charge in [-0.1, -0.05) is 13.8 Å². The van der Waals surface area contributed by atoms with Crippen LogP contribution in [-0.4, -0.2) is 25.7 Å². The van der Waals surface area contributed by atoms with Gasteiger partial charge in [0.05, 0.1) is 12.1 Å². The second kappa shape index (κ2) is 5.81. The van der Waals surface area contributed by atoms with Crippen molar-refractivity contribution in [2.24, 2.45) is 7.05 Å². The SMILES string of the molecule is Cc1nnc(CNC(=O)c2ccc(C(C)C)nc2)n1C. The molecule has 2 rings (SSSR count). The number of pyridine rings is 1. The Hall–Kier alpha value is -2.24. The first-order chi connectivity index (χ1) is 9.49. The summed E-state index contributed by atoms with van der Waals surface area (Å²) in [6.45, 7) is 6.35. The van der Waals surface area contributed by atoms with Crippen molar-refractivity contribution >= 4 is 5.91 Å². The van der Waals surface area contributed by atoms with Gasteiger partial charge in [0, 0.05) is 18.9 Å². The normalized spacial score (nSPS) is 10.8. The molecule has 0 aliphatic heterocycles. The molecular formula is C14H19N5O. The second-order valence-corrected chi connectivity index (χ2v) is 5.03. The maximum Gasteiger partial charge on any atom is 0.253 e. The van der Waals surface area contributed by atoms with Gasteiger partial charge in [0.25, 0.3) is 5.91 Å². The highest BCUT2D eigenvalue weighted by atomic mass is 16.1. The Kier molecular flexibility index (Phi) is 4.12. The maximum atomic E-state index is 12.0. The van der Waals surface area contributed by atoms with E-state index in [1.165, 1.54) is 0 Å². The number of hydrogen-bond acceptors (Lipinski definition) is 4. The van der Waals surface area contributed by atoms with E-state index in [1.807, 2.05) is 24.6 Å². The fourth-order valence-corrected chi connectivity index (χ4v) is 1.75. The van der Waals surface area contributed by atoms with Crippen molar-refractivity contribution in [2.45, 2.75) is 33.2 Å². The second-order valence-electron chi connectivity index (χ2n) is 5.03. The van der Waals surface area contributed by atoms with Crippen LogP contribution in [0.4, 0.5) is 0 Å². The third kappa shape index (κ3) is 3.01. The molecule has 2 aromatic heterocycles. The summed E-state index contributed by atoms with van der Waals surface area (Å²) in [4.78, 5) is 16.3. The van der Waals surface area contributed by atoms with Crippen LogP contribution in [0.15, 0.2) is 18.3 Å². The smallest absolute Gasteiger partial charge is 0.253 e. The molecule has 106 valence electrons. The molecule has 0 atom stereocenters. The molecule has 0 unspecified atom stereocenters. The Morgan fingerprint density at radius 3 is 2.60 bits per heavy atom. The van der Waals surface area contributed by atoms with Gasteiger partial charge in [-0.3, -0.25) is 9.78 Å². The standard InChI is InChI=1S/C14H19N5O/c1-9(2)12-6-5-11(7-15-12)14(20)16-8-13-18-17-10(3)19(13)4/h5-7,9H,8H2,1-4H3,(H,16,20). The first kappa shape index (κ1) is 14.2. The molecule has 1 amide bonds. The predicted molar refractivity (Wildman–Crippen MR) is 75.2 cm³/mol. The summed E-state index contributed by atoms with van der Waals surface area (Å²) in [5.74, 6) is 1.74. The zero-order valence-corrected chi connectivity index (χ0v) is 12.2. The van der Waals surface area contributed by atoms with E-state index in [0.29, 0.717) is 18.0 Å². The van der Waals surface area contributed by atoms with E-state index < -0.39 is 0 Å². The molecule has 0 aromatic carbocycles. The van der Waals surface area contributed by atoms with Crippen LogP contribution in [0.25, 0.3) is 0 Å². The van der Waals surface area contributed by atoms with E-state index in [2.05, 4.69) is 34.3 Å². The monoisotopic (exact) mass is 273 g/mol. The highest BCUT2D eigenvalue weighted by molar-refractivity contribution is 5.93. The van der Waals surface area contributed by atoms with Crippen LogP contribution < -0.4 is 5.32 Å². The van der Waals surface area contributed by atoms with Crippen LogP contribution in [0.1, 0.15) is 47.5 Å². The van der Waals surface area contributed by atoms with Gasteiger partial charge in [0.1, 0.15) is 5.82 Å². The zero-order valence-electron chi connectivity index (χ0n) is 12.2. The average molecular weight is 273 g/mol. The summed E-state index contributed by atoms with van der Waals surface area (Å²) in [6.07, 6.45) is 1.60. The summed E-state index contributed by atoms with van der Waals surface area (Å²) >= 11 is 0. The fraction of sp³-hybridized carbons (Fsp3) is 0.429. The Morgan fingerprint density at radius 1 is 1.35 bits per heavy atom. The summed E-state index contributed by atoms with van der Waals surface area (Å²) in [5, 5.41) is 10.8. The molecule has 0 bridgehead atoms. The number of aromatic nitrogens is 4. The van der Waals surface area contributed by atoms with Gasteiger partial charge in [-0.05, 0) is 25.0 Å². The van der Waals surface area contributed by atoms with Crippen molar-refractivity contribution in [3.63, 3.8) is 0 Å². The molecule has 0 aliphatic carbocycles. The van der Waals surface area contributed by atoms with E-state index in [-0.39, 0.29) is 5.91 Å².